The van der Waals surface area contributed by atoms with E-state index < -0.39 is 0 Å². The van der Waals surface area contributed by atoms with E-state index in [2.05, 4.69) is 37.0 Å². The fourth-order valence-corrected chi connectivity index (χ4v) is 3.81. The fourth-order valence-electron chi connectivity index (χ4n) is 2.89. The third-order valence-electron chi connectivity index (χ3n) is 4.44. The van der Waals surface area contributed by atoms with Crippen LogP contribution >= 0.6 is 11.8 Å². The standard InChI is InChI=1S/C17H20N6O2S/c1-3-23-14(10-4-5-10)21-22-17(23)26-9(2)15(24)18-11-6-7-12-13(8-11)20-16(25)19-12/h6-10H,3-5H2,1-2H3,(H,18,24)(H2,19,20,25)/t9-/m0/s1. The first-order valence-corrected chi connectivity index (χ1v) is 9.55. The number of hydrogen-bond donors (Lipinski definition) is 3. The van der Waals surface area contributed by atoms with Gasteiger partial charge in [-0.3, -0.25) is 4.79 Å². The normalized spacial score (nSPS) is 15.3. The molecule has 2 aromatic heterocycles. The smallest absolute Gasteiger partial charge is 0.323 e. The summed E-state index contributed by atoms with van der Waals surface area (Å²) in [7, 11) is 0. The van der Waals surface area contributed by atoms with Crippen LogP contribution in [0, 0.1) is 0 Å². The molecule has 1 aromatic carbocycles. The Balaban J connectivity index is 1.46. The number of imidazole rings is 1. The van der Waals surface area contributed by atoms with Crippen LogP contribution in [0.15, 0.2) is 28.2 Å². The molecule has 0 unspecified atom stereocenters. The van der Waals surface area contributed by atoms with Crippen molar-refractivity contribution in [1.29, 1.82) is 0 Å². The van der Waals surface area contributed by atoms with Crippen molar-refractivity contribution < 1.29 is 4.79 Å². The maximum absolute atomic E-state index is 12.5. The first-order chi connectivity index (χ1) is 12.5. The molecule has 0 saturated heterocycles. The van der Waals surface area contributed by atoms with Crippen molar-refractivity contribution in [2.45, 2.75) is 49.6 Å². The molecular formula is C17H20N6O2S. The number of nitrogens with one attached hydrogen (secondary N) is 3. The number of thioether (sulfide) groups is 1. The van der Waals surface area contributed by atoms with E-state index in [1.165, 1.54) is 24.6 Å². The summed E-state index contributed by atoms with van der Waals surface area (Å²) in [6.07, 6.45) is 2.34. The van der Waals surface area contributed by atoms with Gasteiger partial charge < -0.3 is 19.9 Å². The molecule has 1 amide bonds. The van der Waals surface area contributed by atoms with Gasteiger partial charge in [-0.1, -0.05) is 11.8 Å². The molecule has 3 aromatic rings. The molecule has 1 aliphatic rings. The van der Waals surface area contributed by atoms with E-state index in [9.17, 15) is 9.59 Å². The summed E-state index contributed by atoms with van der Waals surface area (Å²) in [5.41, 5.74) is 1.74. The molecule has 0 spiro atoms. The van der Waals surface area contributed by atoms with Crippen LogP contribution in [-0.4, -0.2) is 35.9 Å². The van der Waals surface area contributed by atoms with E-state index in [4.69, 9.17) is 0 Å². The molecule has 3 N–H and O–H groups in total. The highest BCUT2D eigenvalue weighted by Crippen LogP contribution is 2.40. The van der Waals surface area contributed by atoms with E-state index in [1.54, 1.807) is 18.2 Å². The van der Waals surface area contributed by atoms with Gasteiger partial charge in [-0.15, -0.1) is 10.2 Å². The van der Waals surface area contributed by atoms with E-state index in [-0.39, 0.29) is 16.8 Å². The van der Waals surface area contributed by atoms with E-state index in [1.807, 2.05) is 6.92 Å². The quantitative estimate of drug-likeness (QED) is 0.576. The average Bonchev–Trinajstić information content (AvgIpc) is 3.27. The summed E-state index contributed by atoms with van der Waals surface area (Å²) < 4.78 is 2.10. The first-order valence-electron chi connectivity index (χ1n) is 8.68. The second-order valence-corrected chi connectivity index (χ2v) is 7.76. The van der Waals surface area contributed by atoms with E-state index >= 15 is 0 Å². The number of fused-ring (bicyclic) bond motifs is 1. The molecule has 1 fully saturated rings. The second kappa shape index (κ2) is 6.64. The molecule has 9 heteroatoms. The summed E-state index contributed by atoms with van der Waals surface area (Å²) in [5, 5.41) is 11.9. The Labute approximate surface area is 153 Å². The first kappa shape index (κ1) is 16.9. The minimum Gasteiger partial charge on any atom is -0.325 e. The van der Waals surface area contributed by atoms with Gasteiger partial charge in [0.1, 0.15) is 5.82 Å². The largest absolute Gasteiger partial charge is 0.325 e. The SMILES string of the molecule is CCn1c(S[C@@H](C)C(=O)Nc2ccc3[nH]c(=O)[nH]c3c2)nnc1C1CC1. The summed E-state index contributed by atoms with van der Waals surface area (Å²) in [5.74, 6) is 1.44. The number of nitrogens with zero attached hydrogens (tertiary/aromatic N) is 3. The topological polar surface area (TPSA) is 108 Å². The monoisotopic (exact) mass is 372 g/mol. The Bertz CT molecular complexity index is 1020. The third kappa shape index (κ3) is 3.26. The van der Waals surface area contributed by atoms with Crippen LogP contribution in [-0.2, 0) is 11.3 Å². The Hall–Kier alpha value is -2.55. The molecule has 8 nitrogen and oxygen atoms in total. The number of hydrogen-bond acceptors (Lipinski definition) is 5. The van der Waals surface area contributed by atoms with Gasteiger partial charge in [-0.05, 0) is 44.9 Å². The lowest BCUT2D eigenvalue weighted by Crippen LogP contribution is -2.23. The van der Waals surface area contributed by atoms with Crippen molar-refractivity contribution in [1.82, 2.24) is 24.7 Å². The van der Waals surface area contributed by atoms with Crippen LogP contribution in [0.2, 0.25) is 0 Å². The van der Waals surface area contributed by atoms with Crippen LogP contribution in [0.5, 0.6) is 0 Å². The van der Waals surface area contributed by atoms with E-state index in [0.29, 0.717) is 22.6 Å². The van der Waals surface area contributed by atoms with Gasteiger partial charge >= 0.3 is 5.69 Å². The Morgan fingerprint density at radius 1 is 1.35 bits per heavy atom. The van der Waals surface area contributed by atoms with Crippen molar-refractivity contribution in [2.75, 3.05) is 5.32 Å². The van der Waals surface area contributed by atoms with Crippen LogP contribution in [0.4, 0.5) is 5.69 Å². The van der Waals surface area contributed by atoms with Crippen molar-refractivity contribution in [3.8, 4) is 0 Å². The summed E-state index contributed by atoms with van der Waals surface area (Å²) in [6, 6.07) is 5.26. The number of H-pyrrole nitrogens is 2. The van der Waals surface area contributed by atoms with Gasteiger partial charge in [0, 0.05) is 18.2 Å². The molecule has 0 bridgehead atoms. The molecule has 0 radical (unpaired) electrons. The summed E-state index contributed by atoms with van der Waals surface area (Å²) >= 11 is 1.41. The Morgan fingerprint density at radius 2 is 2.12 bits per heavy atom. The number of anilines is 1. The van der Waals surface area contributed by atoms with Gasteiger partial charge in [0.05, 0.1) is 16.3 Å². The molecule has 1 saturated carbocycles. The van der Waals surface area contributed by atoms with Gasteiger partial charge in [-0.2, -0.15) is 0 Å². The van der Waals surface area contributed by atoms with Gasteiger partial charge in [-0.25, -0.2) is 4.79 Å². The average molecular weight is 372 g/mol. The van der Waals surface area contributed by atoms with Gasteiger partial charge in [0.15, 0.2) is 5.16 Å². The number of carbonyl (C=O) groups is 1. The predicted octanol–water partition coefficient (Wildman–Crippen LogP) is 2.46. The van der Waals surface area contributed by atoms with Crippen molar-refractivity contribution >= 4 is 34.4 Å². The summed E-state index contributed by atoms with van der Waals surface area (Å²) in [4.78, 5) is 29.2. The molecule has 2 heterocycles. The molecular weight excluding hydrogens is 352 g/mol. The number of benzene rings is 1. The van der Waals surface area contributed by atoms with Crippen molar-refractivity contribution in [2.24, 2.45) is 0 Å². The number of aromatic nitrogens is 5. The number of amides is 1. The van der Waals surface area contributed by atoms with Crippen molar-refractivity contribution in [3.05, 3.63) is 34.5 Å². The van der Waals surface area contributed by atoms with Gasteiger partial charge in [0.2, 0.25) is 5.91 Å². The summed E-state index contributed by atoms with van der Waals surface area (Å²) in [6.45, 7) is 4.71. The minimum absolute atomic E-state index is 0.120. The molecule has 0 aliphatic heterocycles. The molecule has 26 heavy (non-hydrogen) atoms. The van der Waals surface area contributed by atoms with Crippen LogP contribution in [0.1, 0.15) is 38.4 Å². The molecule has 136 valence electrons. The lowest BCUT2D eigenvalue weighted by Gasteiger charge is -2.12. The fraction of sp³-hybridized carbons (Fsp3) is 0.412. The Kier molecular flexibility index (Phi) is 4.31. The maximum atomic E-state index is 12.5. The number of carbonyl (C=O) groups excluding carboxylic acids is 1. The van der Waals surface area contributed by atoms with Crippen LogP contribution in [0.25, 0.3) is 11.0 Å². The highest BCUT2D eigenvalue weighted by Gasteiger charge is 2.30. The number of rotatable bonds is 6. The molecule has 4 rings (SSSR count). The molecule has 1 aliphatic carbocycles. The zero-order valence-electron chi connectivity index (χ0n) is 14.6. The van der Waals surface area contributed by atoms with Gasteiger partial charge in [0.25, 0.3) is 0 Å². The van der Waals surface area contributed by atoms with Crippen LogP contribution < -0.4 is 11.0 Å². The zero-order valence-corrected chi connectivity index (χ0v) is 15.4. The minimum atomic E-state index is -0.322. The highest BCUT2D eigenvalue weighted by molar-refractivity contribution is 8.00. The van der Waals surface area contributed by atoms with Crippen LogP contribution in [0.3, 0.4) is 0 Å². The predicted molar refractivity (Wildman–Crippen MR) is 101 cm³/mol. The Morgan fingerprint density at radius 3 is 2.85 bits per heavy atom. The zero-order chi connectivity index (χ0) is 18.3. The highest BCUT2D eigenvalue weighted by atomic mass is 32.2. The maximum Gasteiger partial charge on any atom is 0.323 e. The lowest BCUT2D eigenvalue weighted by molar-refractivity contribution is -0.115. The third-order valence-corrected chi connectivity index (χ3v) is 5.52. The van der Waals surface area contributed by atoms with E-state index in [0.717, 1.165) is 17.5 Å². The molecule has 1 atom stereocenters. The lowest BCUT2D eigenvalue weighted by atomic mass is 10.2. The van der Waals surface area contributed by atoms with Crippen molar-refractivity contribution in [3.63, 3.8) is 0 Å². The number of aromatic amines is 2. The second-order valence-electron chi connectivity index (χ2n) is 6.45.